The number of rotatable bonds is 6. The van der Waals surface area contributed by atoms with Crippen molar-refractivity contribution in [2.24, 2.45) is 10.9 Å². The topological polar surface area (TPSA) is 92.4 Å². The van der Waals surface area contributed by atoms with Gasteiger partial charge in [0.1, 0.15) is 16.9 Å². The third-order valence-electron chi connectivity index (χ3n) is 6.26. The number of nitrogens with zero attached hydrogens (tertiary/aromatic N) is 4. The minimum atomic E-state index is -0.911. The third kappa shape index (κ3) is 3.84. The van der Waals surface area contributed by atoms with Crippen molar-refractivity contribution in [1.29, 1.82) is 0 Å². The fourth-order valence-corrected chi connectivity index (χ4v) is 6.02. The lowest BCUT2D eigenvalue weighted by atomic mass is 9.98. The zero-order valence-electron chi connectivity index (χ0n) is 19.4. The van der Waals surface area contributed by atoms with Crippen LogP contribution in [0.25, 0.3) is 5.00 Å². The summed E-state index contributed by atoms with van der Waals surface area (Å²) in [4.78, 5) is 19.5. The molecule has 1 unspecified atom stereocenters. The molecule has 9 heteroatoms. The summed E-state index contributed by atoms with van der Waals surface area (Å²) < 4.78 is 1.98. The number of aryl methyl sites for hydroxylation is 2. The van der Waals surface area contributed by atoms with Crippen LogP contribution in [-0.4, -0.2) is 31.6 Å². The number of aliphatic carboxylic acids is 1. The lowest BCUT2D eigenvalue weighted by Gasteiger charge is -2.16. The van der Waals surface area contributed by atoms with E-state index < -0.39 is 17.9 Å². The number of carboxylic acid groups (broad SMARTS) is 1. The molecule has 0 saturated carbocycles. The van der Waals surface area contributed by atoms with Crippen LogP contribution in [0.5, 0.6) is 0 Å². The second-order valence-electron chi connectivity index (χ2n) is 8.46. The normalized spacial score (nSPS) is 15.8. The Kier molecular flexibility index (Phi) is 5.83. The molecule has 3 aromatic heterocycles. The van der Waals surface area contributed by atoms with E-state index in [0.717, 1.165) is 45.5 Å². The summed E-state index contributed by atoms with van der Waals surface area (Å²) in [5, 5.41) is 25.0. The number of anilines is 1. The second-order valence-corrected chi connectivity index (χ2v) is 10.7. The fraction of sp³-hybridized carbons (Fsp3) is 0.280. The van der Waals surface area contributed by atoms with Gasteiger partial charge in [-0.2, -0.15) is 0 Å². The van der Waals surface area contributed by atoms with E-state index in [1.165, 1.54) is 9.75 Å². The number of hydrogen-bond acceptors (Lipinski definition) is 7. The van der Waals surface area contributed by atoms with E-state index in [9.17, 15) is 9.90 Å². The molecule has 1 aliphatic rings. The van der Waals surface area contributed by atoms with Gasteiger partial charge in [0.15, 0.2) is 5.82 Å². The predicted molar refractivity (Wildman–Crippen MR) is 137 cm³/mol. The van der Waals surface area contributed by atoms with Crippen molar-refractivity contribution in [2.45, 2.75) is 40.3 Å². The molecular weight excluding hydrogens is 466 g/mol. The molecule has 0 saturated heterocycles. The Morgan fingerprint density at radius 2 is 1.94 bits per heavy atom. The minimum absolute atomic E-state index is 0.569. The Balaban J connectivity index is 1.61. The summed E-state index contributed by atoms with van der Waals surface area (Å²) in [5.74, 6) is -0.366. The summed E-state index contributed by atoms with van der Waals surface area (Å²) >= 11 is 3.39. The van der Waals surface area contributed by atoms with Crippen LogP contribution < -0.4 is 5.32 Å². The number of fused-ring (bicyclic) bond motifs is 3. The van der Waals surface area contributed by atoms with E-state index >= 15 is 0 Å². The maximum Gasteiger partial charge on any atom is 0.308 e. The van der Waals surface area contributed by atoms with E-state index in [1.807, 2.05) is 41.8 Å². The van der Waals surface area contributed by atoms with Gasteiger partial charge >= 0.3 is 5.97 Å². The van der Waals surface area contributed by atoms with Crippen molar-refractivity contribution in [2.75, 3.05) is 5.32 Å². The molecule has 4 aromatic rings. The molecule has 1 aromatic carbocycles. The molecule has 0 amide bonds. The van der Waals surface area contributed by atoms with E-state index in [2.05, 4.69) is 40.8 Å². The molecular formula is C25H25N5O2S2. The Morgan fingerprint density at radius 3 is 2.62 bits per heavy atom. The number of benzene rings is 1. The lowest BCUT2D eigenvalue weighted by molar-refractivity contribution is -0.141. The number of carboxylic acids is 1. The van der Waals surface area contributed by atoms with Gasteiger partial charge in [-0.25, -0.2) is 0 Å². The van der Waals surface area contributed by atoms with E-state index in [0.29, 0.717) is 5.82 Å². The molecule has 34 heavy (non-hydrogen) atoms. The van der Waals surface area contributed by atoms with Crippen LogP contribution in [0.15, 0.2) is 46.8 Å². The highest BCUT2D eigenvalue weighted by atomic mass is 32.1. The Bertz CT molecular complexity index is 1380. The van der Waals surface area contributed by atoms with Crippen LogP contribution in [0.3, 0.4) is 0 Å². The zero-order valence-corrected chi connectivity index (χ0v) is 21.0. The summed E-state index contributed by atoms with van der Waals surface area (Å²) in [7, 11) is 0. The third-order valence-corrected chi connectivity index (χ3v) is 8.33. The number of nitrogens with one attached hydrogen (secondary N) is 1. The molecule has 0 fully saturated rings. The largest absolute Gasteiger partial charge is 0.481 e. The maximum absolute atomic E-state index is 12.0. The molecule has 5 rings (SSSR count). The van der Waals surface area contributed by atoms with E-state index in [4.69, 9.17) is 4.99 Å². The molecule has 174 valence electrons. The molecule has 0 radical (unpaired) electrons. The van der Waals surface area contributed by atoms with Crippen LogP contribution in [-0.2, 0) is 11.3 Å². The summed E-state index contributed by atoms with van der Waals surface area (Å²) in [5.41, 5.74) is 4.92. The van der Waals surface area contributed by atoms with Crippen molar-refractivity contribution in [3.63, 3.8) is 0 Å². The second kappa shape index (κ2) is 8.81. The number of thiophene rings is 2. The van der Waals surface area contributed by atoms with E-state index in [-0.39, 0.29) is 0 Å². The first kappa shape index (κ1) is 22.5. The Labute approximate surface area is 205 Å². The van der Waals surface area contributed by atoms with Crippen LogP contribution in [0.4, 0.5) is 5.69 Å². The van der Waals surface area contributed by atoms with Crippen LogP contribution in [0, 0.1) is 26.7 Å². The molecule has 0 spiro atoms. The average molecular weight is 492 g/mol. The van der Waals surface area contributed by atoms with Gasteiger partial charge < -0.3 is 10.4 Å². The highest BCUT2D eigenvalue weighted by Crippen LogP contribution is 2.40. The van der Waals surface area contributed by atoms with Crippen LogP contribution >= 0.6 is 22.7 Å². The molecule has 4 heterocycles. The van der Waals surface area contributed by atoms with Gasteiger partial charge in [-0.15, -0.1) is 32.9 Å². The van der Waals surface area contributed by atoms with Gasteiger partial charge in [0.25, 0.3) is 0 Å². The molecule has 0 bridgehead atoms. The maximum atomic E-state index is 12.0. The zero-order chi connectivity index (χ0) is 24.0. The van der Waals surface area contributed by atoms with Crippen molar-refractivity contribution in [1.82, 2.24) is 14.8 Å². The van der Waals surface area contributed by atoms with Crippen LogP contribution in [0.1, 0.15) is 51.1 Å². The summed E-state index contributed by atoms with van der Waals surface area (Å²) in [6, 6.07) is 11.7. The van der Waals surface area contributed by atoms with Gasteiger partial charge in [-0.05, 0) is 56.8 Å². The molecule has 2 N–H and O–H groups in total. The number of hydrogen-bond donors (Lipinski definition) is 2. The van der Waals surface area contributed by atoms with Crippen molar-refractivity contribution >= 4 is 40.0 Å². The van der Waals surface area contributed by atoms with Crippen molar-refractivity contribution in [3.05, 3.63) is 79.9 Å². The molecule has 1 aliphatic heterocycles. The molecule has 2 atom stereocenters. The molecule has 7 nitrogen and oxygen atoms in total. The van der Waals surface area contributed by atoms with Gasteiger partial charge in [0.05, 0.1) is 11.6 Å². The fourth-order valence-electron chi connectivity index (χ4n) is 4.17. The number of carbonyl (C=O) groups is 1. The average Bonchev–Trinajstić information content (AvgIpc) is 3.52. The number of aromatic nitrogens is 3. The predicted octanol–water partition coefficient (Wildman–Crippen LogP) is 5.54. The lowest BCUT2D eigenvalue weighted by Crippen LogP contribution is -2.21. The first-order valence-electron chi connectivity index (χ1n) is 11.0. The summed E-state index contributed by atoms with van der Waals surface area (Å²) in [6.45, 7) is 8.54. The first-order chi connectivity index (χ1) is 16.3. The quantitative estimate of drug-likeness (QED) is 0.369. The number of aliphatic imine (C=N–C) groups is 1. The van der Waals surface area contributed by atoms with Crippen molar-refractivity contribution in [3.8, 4) is 5.00 Å². The van der Waals surface area contributed by atoms with Gasteiger partial charge in [-0.1, -0.05) is 18.2 Å². The Hall–Kier alpha value is -3.30. The summed E-state index contributed by atoms with van der Waals surface area (Å²) in [6.07, 6.45) is 0. The van der Waals surface area contributed by atoms with Gasteiger partial charge in [0.2, 0.25) is 0 Å². The monoisotopic (exact) mass is 491 g/mol. The Morgan fingerprint density at radius 1 is 1.18 bits per heavy atom. The standard InChI is InChI=1S/C25H25N5O2S2/c1-13-15(3)34-24-20(13)22(17-7-9-18(10-8-17)26-12-19-6-5-11-33-19)27-21(14(2)25(31)32)23-29-28-16(4)30(23)24/h5-11,14,21,26H,12H2,1-4H3,(H,31,32)/t14?,21-/m0/s1. The SMILES string of the molecule is Cc1sc2c(c1C)C(c1ccc(NCc3cccs3)cc1)=N[C@@H](C(C)C(=O)O)c1nnc(C)n1-2. The minimum Gasteiger partial charge on any atom is -0.481 e. The van der Waals surface area contributed by atoms with Crippen molar-refractivity contribution < 1.29 is 9.90 Å². The highest BCUT2D eigenvalue weighted by molar-refractivity contribution is 7.15. The smallest absolute Gasteiger partial charge is 0.308 e. The first-order valence-corrected chi connectivity index (χ1v) is 12.7. The molecule has 0 aliphatic carbocycles. The highest BCUT2D eigenvalue weighted by Gasteiger charge is 2.36. The van der Waals surface area contributed by atoms with Crippen LogP contribution in [0.2, 0.25) is 0 Å². The van der Waals surface area contributed by atoms with Gasteiger partial charge in [-0.3, -0.25) is 14.4 Å². The van der Waals surface area contributed by atoms with E-state index in [1.54, 1.807) is 29.6 Å². The van der Waals surface area contributed by atoms with Gasteiger partial charge in [0, 0.05) is 33.1 Å².